The zero-order chi connectivity index (χ0) is 11.8. The van der Waals surface area contributed by atoms with Crippen LogP contribution < -0.4 is 10.6 Å². The second kappa shape index (κ2) is 7.41. The first-order chi connectivity index (χ1) is 7.75. The Labute approximate surface area is 97.4 Å². The average Bonchev–Trinajstić information content (AvgIpc) is 2.20. The van der Waals surface area contributed by atoms with Crippen molar-refractivity contribution in [3.05, 3.63) is 11.1 Å². The quantitative estimate of drug-likeness (QED) is 0.499. The number of amides is 1. The van der Waals surface area contributed by atoms with E-state index in [1.165, 1.54) is 5.57 Å². The van der Waals surface area contributed by atoms with Gasteiger partial charge in [0.15, 0.2) is 0 Å². The zero-order valence-corrected chi connectivity index (χ0v) is 10.3. The lowest BCUT2D eigenvalue weighted by atomic mass is 10.0. The molecule has 0 aromatic heterocycles. The first-order valence-corrected chi connectivity index (χ1v) is 5.92. The summed E-state index contributed by atoms with van der Waals surface area (Å²) < 4.78 is 4.96. The van der Waals surface area contributed by atoms with Gasteiger partial charge in [-0.05, 0) is 31.8 Å². The summed E-state index contributed by atoms with van der Waals surface area (Å²) in [7, 11) is 1.71. The van der Waals surface area contributed by atoms with Crippen LogP contribution in [0.2, 0.25) is 0 Å². The van der Waals surface area contributed by atoms with Crippen molar-refractivity contribution >= 4 is 5.91 Å². The van der Waals surface area contributed by atoms with Crippen molar-refractivity contribution < 1.29 is 9.53 Å². The van der Waals surface area contributed by atoms with Gasteiger partial charge < -0.3 is 15.4 Å². The molecule has 0 unspecified atom stereocenters. The third kappa shape index (κ3) is 4.33. The predicted octanol–water partition coefficient (Wildman–Crippen LogP) is 0.839. The summed E-state index contributed by atoms with van der Waals surface area (Å²) in [5.74, 6) is 0.0863. The number of hydrogen-bond acceptors (Lipinski definition) is 3. The number of ether oxygens (including phenoxy) is 1. The van der Waals surface area contributed by atoms with Gasteiger partial charge in [-0.3, -0.25) is 4.79 Å². The Morgan fingerprint density at radius 1 is 1.38 bits per heavy atom. The summed E-state index contributed by atoms with van der Waals surface area (Å²) in [5, 5.41) is 6.08. The number of unbranched alkanes of at least 4 members (excludes halogenated alkanes) is 2. The van der Waals surface area contributed by atoms with Crippen LogP contribution in [0.3, 0.4) is 0 Å². The Morgan fingerprint density at radius 2 is 2.12 bits per heavy atom. The molecule has 1 rings (SSSR count). The third-order valence-corrected chi connectivity index (χ3v) is 2.86. The number of carbonyl (C=O) groups is 1. The summed E-state index contributed by atoms with van der Waals surface area (Å²) in [5.41, 5.74) is 2.12. The molecule has 4 heteroatoms. The van der Waals surface area contributed by atoms with Gasteiger partial charge in [0.1, 0.15) is 0 Å². The Kier molecular flexibility index (Phi) is 6.11. The van der Waals surface area contributed by atoms with Crippen molar-refractivity contribution in [3.8, 4) is 0 Å². The van der Waals surface area contributed by atoms with Gasteiger partial charge in [-0.1, -0.05) is 0 Å². The highest BCUT2D eigenvalue weighted by Crippen LogP contribution is 2.08. The maximum absolute atomic E-state index is 11.6. The van der Waals surface area contributed by atoms with Gasteiger partial charge in [-0.25, -0.2) is 0 Å². The molecule has 4 nitrogen and oxygen atoms in total. The van der Waals surface area contributed by atoms with Crippen molar-refractivity contribution in [2.45, 2.75) is 26.2 Å². The molecule has 0 saturated carbocycles. The molecule has 16 heavy (non-hydrogen) atoms. The molecule has 0 bridgehead atoms. The zero-order valence-electron chi connectivity index (χ0n) is 10.3. The predicted molar refractivity (Wildman–Crippen MR) is 64.3 cm³/mol. The molecule has 0 aromatic carbocycles. The normalized spacial score (nSPS) is 14.5. The summed E-state index contributed by atoms with van der Waals surface area (Å²) >= 11 is 0. The van der Waals surface area contributed by atoms with Crippen LogP contribution in [0.25, 0.3) is 0 Å². The molecule has 1 amide bonds. The largest absolute Gasteiger partial charge is 0.385 e. The maximum atomic E-state index is 11.6. The van der Waals surface area contributed by atoms with Crippen LogP contribution >= 0.6 is 0 Å². The molecule has 1 fully saturated rings. The number of carbonyl (C=O) groups excluding carboxylic acids is 1. The van der Waals surface area contributed by atoms with Crippen LogP contribution in [-0.2, 0) is 9.53 Å². The van der Waals surface area contributed by atoms with Crippen LogP contribution in [0.15, 0.2) is 11.1 Å². The van der Waals surface area contributed by atoms with E-state index in [2.05, 4.69) is 10.6 Å². The molecule has 92 valence electrons. The van der Waals surface area contributed by atoms with Crippen molar-refractivity contribution in [2.24, 2.45) is 0 Å². The SMILES string of the molecule is COCCCCCNC(=O)C(C)=C1CNC1. The fraction of sp³-hybridized carbons (Fsp3) is 0.750. The standard InChI is InChI=1S/C12H22N2O2/c1-10(11-8-13-9-11)12(15)14-6-4-3-5-7-16-2/h13H,3-9H2,1-2H3,(H,14,15). The van der Waals surface area contributed by atoms with E-state index in [1.54, 1.807) is 7.11 Å². The van der Waals surface area contributed by atoms with Gasteiger partial charge in [0.2, 0.25) is 5.91 Å². The van der Waals surface area contributed by atoms with E-state index < -0.39 is 0 Å². The van der Waals surface area contributed by atoms with Crippen LogP contribution in [0.4, 0.5) is 0 Å². The number of rotatable bonds is 7. The molecule has 0 atom stereocenters. The van der Waals surface area contributed by atoms with Gasteiger partial charge >= 0.3 is 0 Å². The van der Waals surface area contributed by atoms with Crippen LogP contribution in [0, 0.1) is 0 Å². The van der Waals surface area contributed by atoms with Gasteiger partial charge in [0.25, 0.3) is 0 Å². The molecule has 1 aliphatic heterocycles. The molecule has 0 radical (unpaired) electrons. The molecule has 1 heterocycles. The molecule has 0 aliphatic carbocycles. The highest BCUT2D eigenvalue weighted by Gasteiger charge is 2.15. The fourth-order valence-corrected chi connectivity index (χ4v) is 1.56. The Balaban J connectivity index is 2.06. The average molecular weight is 226 g/mol. The highest BCUT2D eigenvalue weighted by atomic mass is 16.5. The van der Waals surface area contributed by atoms with Crippen LogP contribution in [0.1, 0.15) is 26.2 Å². The topological polar surface area (TPSA) is 50.4 Å². The minimum atomic E-state index is 0.0863. The minimum Gasteiger partial charge on any atom is -0.385 e. The van der Waals surface area contributed by atoms with Gasteiger partial charge in [-0.15, -0.1) is 0 Å². The molecular formula is C12H22N2O2. The molecule has 2 N–H and O–H groups in total. The number of nitrogens with one attached hydrogen (secondary N) is 2. The first-order valence-electron chi connectivity index (χ1n) is 5.92. The van der Waals surface area contributed by atoms with E-state index in [9.17, 15) is 4.79 Å². The van der Waals surface area contributed by atoms with E-state index in [1.807, 2.05) is 6.92 Å². The molecular weight excluding hydrogens is 204 g/mol. The second-order valence-corrected chi connectivity index (χ2v) is 4.14. The minimum absolute atomic E-state index is 0.0863. The van der Waals surface area contributed by atoms with Crippen LogP contribution in [-0.4, -0.2) is 39.3 Å². The second-order valence-electron chi connectivity index (χ2n) is 4.14. The van der Waals surface area contributed by atoms with Crippen LogP contribution in [0.5, 0.6) is 0 Å². The lowest BCUT2D eigenvalue weighted by Gasteiger charge is -2.21. The van der Waals surface area contributed by atoms with Crippen molar-refractivity contribution in [1.29, 1.82) is 0 Å². The monoisotopic (exact) mass is 226 g/mol. The number of methoxy groups -OCH3 is 1. The molecule has 1 aliphatic rings. The fourth-order valence-electron chi connectivity index (χ4n) is 1.56. The van der Waals surface area contributed by atoms with Crippen molar-refractivity contribution in [3.63, 3.8) is 0 Å². The van der Waals surface area contributed by atoms with Crippen molar-refractivity contribution in [2.75, 3.05) is 33.4 Å². The molecule has 0 spiro atoms. The van der Waals surface area contributed by atoms with E-state index in [4.69, 9.17) is 4.74 Å². The lowest BCUT2D eigenvalue weighted by molar-refractivity contribution is -0.117. The Hall–Kier alpha value is -0.870. The van der Waals surface area contributed by atoms with Gasteiger partial charge in [0, 0.05) is 38.9 Å². The van der Waals surface area contributed by atoms with E-state index in [0.717, 1.165) is 51.1 Å². The van der Waals surface area contributed by atoms with E-state index in [-0.39, 0.29) is 5.91 Å². The van der Waals surface area contributed by atoms with Gasteiger partial charge in [-0.2, -0.15) is 0 Å². The van der Waals surface area contributed by atoms with Crippen molar-refractivity contribution in [1.82, 2.24) is 10.6 Å². The first kappa shape index (κ1) is 13.2. The summed E-state index contributed by atoms with van der Waals surface area (Å²) in [6, 6.07) is 0. The molecule has 1 saturated heterocycles. The highest BCUT2D eigenvalue weighted by molar-refractivity contribution is 5.93. The third-order valence-electron chi connectivity index (χ3n) is 2.86. The lowest BCUT2D eigenvalue weighted by Crippen LogP contribution is -2.37. The van der Waals surface area contributed by atoms with E-state index in [0.29, 0.717) is 0 Å². The maximum Gasteiger partial charge on any atom is 0.246 e. The summed E-state index contributed by atoms with van der Waals surface area (Å²) in [6.45, 7) is 5.21. The Bertz CT molecular complexity index is 256. The van der Waals surface area contributed by atoms with E-state index >= 15 is 0 Å². The Morgan fingerprint density at radius 3 is 2.69 bits per heavy atom. The molecule has 0 aromatic rings. The smallest absolute Gasteiger partial charge is 0.246 e. The summed E-state index contributed by atoms with van der Waals surface area (Å²) in [6.07, 6.45) is 3.19. The number of hydrogen-bond donors (Lipinski definition) is 2. The van der Waals surface area contributed by atoms with Gasteiger partial charge in [0.05, 0.1) is 0 Å². The summed E-state index contributed by atoms with van der Waals surface area (Å²) in [4.78, 5) is 11.6.